The molecule has 5 heteroatoms. The first kappa shape index (κ1) is 10.4. The first-order valence-electron chi connectivity index (χ1n) is 5.58. The van der Waals surface area contributed by atoms with Gasteiger partial charge in [0.15, 0.2) is 0 Å². The van der Waals surface area contributed by atoms with Crippen LogP contribution in [0.25, 0.3) is 0 Å². The molecular weight excluding hydrogens is 270 g/mol. The molecule has 2 aliphatic rings. The smallest absolute Gasteiger partial charge is 0.270 e. The largest absolute Gasteiger partial charge is 0.356 e. The first-order chi connectivity index (χ1) is 7.74. The van der Waals surface area contributed by atoms with Crippen LogP contribution in [0.15, 0.2) is 16.7 Å². The molecule has 3 rings (SSSR count). The van der Waals surface area contributed by atoms with Gasteiger partial charge in [0, 0.05) is 36.8 Å². The van der Waals surface area contributed by atoms with Gasteiger partial charge in [0.25, 0.3) is 5.91 Å². The first-order valence-corrected chi connectivity index (χ1v) is 6.37. The van der Waals surface area contributed by atoms with Gasteiger partial charge in [-0.05, 0) is 33.8 Å². The van der Waals surface area contributed by atoms with Crippen LogP contribution in [0.3, 0.4) is 0 Å². The number of amides is 1. The summed E-state index contributed by atoms with van der Waals surface area (Å²) in [6.07, 6.45) is 1.80. The summed E-state index contributed by atoms with van der Waals surface area (Å²) in [6.45, 7) is 3.91. The molecule has 0 unspecified atom stereocenters. The fourth-order valence-corrected chi connectivity index (χ4v) is 3.03. The van der Waals surface area contributed by atoms with Crippen molar-refractivity contribution in [3.63, 3.8) is 0 Å². The van der Waals surface area contributed by atoms with Crippen LogP contribution in [-0.2, 0) is 0 Å². The van der Waals surface area contributed by atoms with E-state index in [1.807, 2.05) is 11.0 Å². The molecule has 2 saturated heterocycles. The third kappa shape index (κ3) is 1.68. The van der Waals surface area contributed by atoms with Crippen molar-refractivity contribution in [2.24, 2.45) is 11.8 Å². The van der Waals surface area contributed by atoms with E-state index < -0.39 is 0 Å². The highest BCUT2D eigenvalue weighted by Crippen LogP contribution is 2.27. The second kappa shape index (κ2) is 3.89. The van der Waals surface area contributed by atoms with Crippen molar-refractivity contribution < 1.29 is 4.79 Å². The van der Waals surface area contributed by atoms with Crippen molar-refractivity contribution in [3.05, 3.63) is 22.4 Å². The van der Waals surface area contributed by atoms with Crippen molar-refractivity contribution in [2.45, 2.75) is 0 Å². The zero-order chi connectivity index (χ0) is 11.1. The zero-order valence-corrected chi connectivity index (χ0v) is 10.5. The second-order valence-corrected chi connectivity index (χ2v) is 5.54. The van der Waals surface area contributed by atoms with E-state index in [2.05, 4.69) is 26.2 Å². The van der Waals surface area contributed by atoms with Gasteiger partial charge in [0.05, 0.1) is 0 Å². The summed E-state index contributed by atoms with van der Waals surface area (Å²) in [5.74, 6) is 1.44. The van der Waals surface area contributed by atoms with Gasteiger partial charge in [-0.2, -0.15) is 0 Å². The molecule has 0 saturated carbocycles. The Labute approximate surface area is 103 Å². The molecule has 0 aromatic carbocycles. The van der Waals surface area contributed by atoms with Crippen molar-refractivity contribution in [3.8, 4) is 0 Å². The lowest BCUT2D eigenvalue weighted by molar-refractivity contribution is 0.0776. The maximum Gasteiger partial charge on any atom is 0.270 e. The van der Waals surface area contributed by atoms with E-state index in [4.69, 9.17) is 0 Å². The molecule has 0 radical (unpaired) electrons. The van der Waals surface area contributed by atoms with Crippen LogP contribution in [0.1, 0.15) is 10.5 Å². The topological polar surface area (TPSA) is 48.1 Å². The van der Waals surface area contributed by atoms with E-state index in [1.54, 1.807) is 6.20 Å². The number of carbonyl (C=O) groups is 1. The molecule has 1 amide bonds. The SMILES string of the molecule is O=C(c1cc(Br)c[nH]1)N1C[C@H]2CNC[C@H]2C1. The highest BCUT2D eigenvalue weighted by Gasteiger charge is 2.38. The number of likely N-dealkylation sites (tertiary alicyclic amines) is 1. The van der Waals surface area contributed by atoms with E-state index >= 15 is 0 Å². The van der Waals surface area contributed by atoms with E-state index in [-0.39, 0.29) is 5.91 Å². The summed E-state index contributed by atoms with van der Waals surface area (Å²) >= 11 is 3.35. The van der Waals surface area contributed by atoms with Gasteiger partial charge in [-0.25, -0.2) is 0 Å². The van der Waals surface area contributed by atoms with Gasteiger partial charge in [-0.3, -0.25) is 4.79 Å². The Morgan fingerprint density at radius 2 is 2.06 bits per heavy atom. The molecule has 1 aromatic heterocycles. The number of hydrogen-bond donors (Lipinski definition) is 2. The molecule has 2 atom stereocenters. The van der Waals surface area contributed by atoms with Crippen LogP contribution in [0.5, 0.6) is 0 Å². The Kier molecular flexibility index (Phi) is 2.52. The van der Waals surface area contributed by atoms with E-state index in [0.29, 0.717) is 17.5 Å². The maximum atomic E-state index is 12.1. The standard InChI is InChI=1S/C11H14BrN3O/c12-9-1-10(14-4-9)11(16)15-5-7-2-13-3-8(7)6-15/h1,4,7-8,13-14H,2-3,5-6H2/t7-,8+. The summed E-state index contributed by atoms with van der Waals surface area (Å²) in [4.78, 5) is 17.1. The molecule has 2 aliphatic heterocycles. The van der Waals surface area contributed by atoms with Gasteiger partial charge in [-0.15, -0.1) is 0 Å². The Morgan fingerprint density at radius 3 is 2.62 bits per heavy atom. The predicted octanol–water partition coefficient (Wildman–Crippen LogP) is 1.07. The lowest BCUT2D eigenvalue weighted by Gasteiger charge is -2.16. The zero-order valence-electron chi connectivity index (χ0n) is 8.87. The van der Waals surface area contributed by atoms with Gasteiger partial charge in [0.1, 0.15) is 5.69 Å². The van der Waals surface area contributed by atoms with Crippen LogP contribution in [0, 0.1) is 11.8 Å². The number of fused-ring (bicyclic) bond motifs is 1. The molecule has 0 spiro atoms. The number of aromatic amines is 1. The lowest BCUT2D eigenvalue weighted by atomic mass is 10.0. The average Bonchev–Trinajstić information content (AvgIpc) is 2.89. The Balaban J connectivity index is 1.73. The molecule has 0 bridgehead atoms. The number of rotatable bonds is 1. The number of nitrogens with one attached hydrogen (secondary N) is 2. The highest BCUT2D eigenvalue weighted by atomic mass is 79.9. The summed E-state index contributed by atoms with van der Waals surface area (Å²) in [7, 11) is 0. The van der Waals surface area contributed by atoms with Crippen LogP contribution in [-0.4, -0.2) is 42.0 Å². The third-order valence-electron chi connectivity index (χ3n) is 3.55. The van der Waals surface area contributed by atoms with E-state index in [9.17, 15) is 4.79 Å². The second-order valence-electron chi connectivity index (χ2n) is 4.62. The molecule has 2 fully saturated rings. The molecule has 2 N–H and O–H groups in total. The van der Waals surface area contributed by atoms with Crippen LogP contribution >= 0.6 is 15.9 Å². The molecule has 3 heterocycles. The molecule has 16 heavy (non-hydrogen) atoms. The summed E-state index contributed by atoms with van der Waals surface area (Å²) < 4.78 is 0.928. The highest BCUT2D eigenvalue weighted by molar-refractivity contribution is 9.10. The third-order valence-corrected chi connectivity index (χ3v) is 4.01. The minimum atomic E-state index is 0.125. The molecular formula is C11H14BrN3O. The van der Waals surface area contributed by atoms with Gasteiger partial charge in [0.2, 0.25) is 0 Å². The summed E-state index contributed by atoms with van der Waals surface area (Å²) in [5, 5.41) is 3.37. The van der Waals surface area contributed by atoms with Crippen molar-refractivity contribution in [1.29, 1.82) is 0 Å². The quantitative estimate of drug-likeness (QED) is 0.810. The Bertz CT molecular complexity index is 405. The van der Waals surface area contributed by atoms with Crippen LogP contribution in [0.4, 0.5) is 0 Å². The molecule has 0 aliphatic carbocycles. The van der Waals surface area contributed by atoms with Gasteiger partial charge in [-0.1, -0.05) is 0 Å². The number of halogens is 1. The summed E-state index contributed by atoms with van der Waals surface area (Å²) in [6, 6.07) is 1.84. The molecule has 1 aromatic rings. The predicted molar refractivity (Wildman–Crippen MR) is 64.2 cm³/mol. The van der Waals surface area contributed by atoms with Crippen LogP contribution in [0.2, 0.25) is 0 Å². The number of H-pyrrole nitrogens is 1. The van der Waals surface area contributed by atoms with Gasteiger partial charge >= 0.3 is 0 Å². The fraction of sp³-hybridized carbons (Fsp3) is 0.545. The Hall–Kier alpha value is -0.810. The van der Waals surface area contributed by atoms with Crippen molar-refractivity contribution in [2.75, 3.05) is 26.2 Å². The van der Waals surface area contributed by atoms with Crippen molar-refractivity contribution in [1.82, 2.24) is 15.2 Å². The molecule has 4 nitrogen and oxygen atoms in total. The normalized spacial score (nSPS) is 28.4. The van der Waals surface area contributed by atoms with E-state index in [1.165, 1.54) is 0 Å². The minimum Gasteiger partial charge on any atom is -0.356 e. The fourth-order valence-electron chi connectivity index (χ4n) is 2.68. The number of nitrogens with zero attached hydrogens (tertiary/aromatic N) is 1. The average molecular weight is 284 g/mol. The number of aromatic nitrogens is 1. The monoisotopic (exact) mass is 283 g/mol. The van der Waals surface area contributed by atoms with Crippen LogP contribution < -0.4 is 5.32 Å². The van der Waals surface area contributed by atoms with E-state index in [0.717, 1.165) is 30.7 Å². The van der Waals surface area contributed by atoms with Crippen molar-refractivity contribution >= 4 is 21.8 Å². The lowest BCUT2D eigenvalue weighted by Crippen LogP contribution is -2.32. The Morgan fingerprint density at radius 1 is 1.38 bits per heavy atom. The minimum absolute atomic E-state index is 0.125. The van der Waals surface area contributed by atoms with Gasteiger partial charge < -0.3 is 15.2 Å². The number of hydrogen-bond acceptors (Lipinski definition) is 2. The molecule has 86 valence electrons. The maximum absolute atomic E-state index is 12.1. The summed E-state index contributed by atoms with van der Waals surface area (Å²) in [5.41, 5.74) is 0.680. The number of carbonyl (C=O) groups excluding carboxylic acids is 1.